The molecular weight excluding hydrogens is 208 g/mol. The molecule has 2 heterocycles. The Labute approximate surface area is 90.9 Å². The van der Waals surface area contributed by atoms with Crippen molar-refractivity contribution in [2.45, 2.75) is 5.54 Å². The van der Waals surface area contributed by atoms with Gasteiger partial charge in [0.15, 0.2) is 11.3 Å². The Morgan fingerprint density at radius 2 is 2.00 bits per heavy atom. The van der Waals surface area contributed by atoms with Crippen LogP contribution in [0.5, 0.6) is 0 Å². The summed E-state index contributed by atoms with van der Waals surface area (Å²) >= 11 is 0. The van der Waals surface area contributed by atoms with Crippen LogP contribution in [-0.2, 0) is 14.4 Å². The standard InChI is InChI=1S/C11H8N2O3/c14-7-3-1-2-6-9(7)11(10(16)12-6)5-4-8(15)13-11/h1-5,9H,(H,12,16)(H,13,15). The maximum absolute atomic E-state index is 11.9. The summed E-state index contributed by atoms with van der Waals surface area (Å²) in [5, 5.41) is 5.17. The Balaban J connectivity index is 2.13. The van der Waals surface area contributed by atoms with E-state index in [4.69, 9.17) is 0 Å². The summed E-state index contributed by atoms with van der Waals surface area (Å²) in [5.74, 6) is -1.53. The molecule has 0 aromatic heterocycles. The van der Waals surface area contributed by atoms with Crippen LogP contribution >= 0.6 is 0 Å². The van der Waals surface area contributed by atoms with Crippen LogP contribution in [0.1, 0.15) is 0 Å². The van der Waals surface area contributed by atoms with Gasteiger partial charge in [0.1, 0.15) is 0 Å². The average Bonchev–Trinajstić information content (AvgIpc) is 2.73. The quantitative estimate of drug-likeness (QED) is 0.555. The molecule has 16 heavy (non-hydrogen) atoms. The van der Waals surface area contributed by atoms with Gasteiger partial charge in [-0.15, -0.1) is 0 Å². The molecule has 2 atom stereocenters. The van der Waals surface area contributed by atoms with Crippen LogP contribution in [0.15, 0.2) is 36.1 Å². The van der Waals surface area contributed by atoms with Crippen molar-refractivity contribution < 1.29 is 14.4 Å². The second-order valence-electron chi connectivity index (χ2n) is 3.96. The number of rotatable bonds is 0. The summed E-state index contributed by atoms with van der Waals surface area (Å²) in [5.41, 5.74) is -0.672. The van der Waals surface area contributed by atoms with E-state index >= 15 is 0 Å². The Kier molecular flexibility index (Phi) is 1.53. The highest BCUT2D eigenvalue weighted by atomic mass is 16.2. The van der Waals surface area contributed by atoms with Gasteiger partial charge in [0.2, 0.25) is 5.91 Å². The van der Waals surface area contributed by atoms with Gasteiger partial charge in [-0.25, -0.2) is 0 Å². The van der Waals surface area contributed by atoms with Crippen molar-refractivity contribution >= 4 is 17.6 Å². The molecule has 3 rings (SSSR count). The Bertz CT molecular complexity index is 515. The molecule has 0 bridgehead atoms. The lowest BCUT2D eigenvalue weighted by molar-refractivity contribution is -0.129. The molecular formula is C11H8N2O3. The molecule has 1 aliphatic carbocycles. The minimum atomic E-state index is -1.22. The highest BCUT2D eigenvalue weighted by Gasteiger charge is 2.57. The van der Waals surface area contributed by atoms with E-state index in [2.05, 4.69) is 10.6 Å². The van der Waals surface area contributed by atoms with Gasteiger partial charge in [0.25, 0.3) is 5.91 Å². The predicted molar refractivity (Wildman–Crippen MR) is 53.9 cm³/mol. The molecule has 2 amide bonds. The zero-order valence-electron chi connectivity index (χ0n) is 8.19. The summed E-state index contributed by atoms with van der Waals surface area (Å²) in [7, 11) is 0. The first-order valence-electron chi connectivity index (χ1n) is 4.88. The van der Waals surface area contributed by atoms with Crippen molar-refractivity contribution in [3.63, 3.8) is 0 Å². The molecule has 0 aromatic carbocycles. The van der Waals surface area contributed by atoms with E-state index in [-0.39, 0.29) is 17.6 Å². The second kappa shape index (κ2) is 2.69. The van der Waals surface area contributed by atoms with E-state index in [0.29, 0.717) is 5.70 Å². The summed E-state index contributed by atoms with van der Waals surface area (Å²) in [6.45, 7) is 0. The van der Waals surface area contributed by atoms with Crippen LogP contribution in [0.2, 0.25) is 0 Å². The van der Waals surface area contributed by atoms with Crippen molar-refractivity contribution in [3.05, 3.63) is 36.1 Å². The average molecular weight is 216 g/mol. The monoisotopic (exact) mass is 216 g/mol. The SMILES string of the molecule is O=C1C=CC2(N1)C(=O)NC1=CC=CC(=O)C12. The van der Waals surface area contributed by atoms with Crippen LogP contribution in [0.3, 0.4) is 0 Å². The fourth-order valence-electron chi connectivity index (χ4n) is 2.34. The van der Waals surface area contributed by atoms with E-state index in [0.717, 1.165) is 0 Å². The van der Waals surface area contributed by atoms with E-state index in [1.165, 1.54) is 18.2 Å². The lowest BCUT2D eigenvalue weighted by atomic mass is 9.81. The first-order chi connectivity index (χ1) is 7.63. The normalized spacial score (nSPS) is 35.1. The number of carbonyl (C=O) groups excluding carboxylic acids is 3. The third-order valence-corrected chi connectivity index (χ3v) is 3.05. The molecule has 1 saturated heterocycles. The van der Waals surface area contributed by atoms with E-state index in [1.54, 1.807) is 12.2 Å². The lowest BCUT2D eigenvalue weighted by Crippen LogP contribution is -2.54. The largest absolute Gasteiger partial charge is 0.334 e. The zero-order valence-corrected chi connectivity index (χ0v) is 8.19. The van der Waals surface area contributed by atoms with Gasteiger partial charge in [0, 0.05) is 11.8 Å². The first-order valence-corrected chi connectivity index (χ1v) is 4.88. The summed E-state index contributed by atoms with van der Waals surface area (Å²) in [6, 6.07) is 0. The summed E-state index contributed by atoms with van der Waals surface area (Å²) < 4.78 is 0. The second-order valence-corrected chi connectivity index (χ2v) is 3.96. The van der Waals surface area contributed by atoms with Crippen LogP contribution in [-0.4, -0.2) is 23.1 Å². The van der Waals surface area contributed by atoms with Gasteiger partial charge >= 0.3 is 0 Å². The van der Waals surface area contributed by atoms with Crippen molar-refractivity contribution in [3.8, 4) is 0 Å². The molecule has 2 unspecified atom stereocenters. The Hall–Kier alpha value is -2.17. The molecule has 0 aromatic rings. The summed E-state index contributed by atoms with van der Waals surface area (Å²) in [6.07, 6.45) is 7.43. The molecule has 2 aliphatic heterocycles. The van der Waals surface area contributed by atoms with E-state index in [9.17, 15) is 14.4 Å². The fraction of sp³-hybridized carbons (Fsp3) is 0.182. The number of hydrogen-bond donors (Lipinski definition) is 2. The number of ketones is 1. The third-order valence-electron chi connectivity index (χ3n) is 3.05. The topological polar surface area (TPSA) is 75.3 Å². The summed E-state index contributed by atoms with van der Waals surface area (Å²) in [4.78, 5) is 34.8. The van der Waals surface area contributed by atoms with E-state index < -0.39 is 11.5 Å². The molecule has 5 heteroatoms. The zero-order chi connectivity index (χ0) is 11.3. The highest BCUT2D eigenvalue weighted by Crippen LogP contribution is 2.36. The minimum absolute atomic E-state index is 0.178. The number of hydrogen-bond acceptors (Lipinski definition) is 3. The minimum Gasteiger partial charge on any atom is -0.334 e. The Morgan fingerprint density at radius 1 is 1.19 bits per heavy atom. The highest BCUT2D eigenvalue weighted by molar-refractivity contribution is 6.12. The van der Waals surface area contributed by atoms with Gasteiger partial charge in [-0.1, -0.05) is 6.08 Å². The van der Waals surface area contributed by atoms with Gasteiger partial charge in [-0.3, -0.25) is 14.4 Å². The molecule has 5 nitrogen and oxygen atoms in total. The van der Waals surface area contributed by atoms with Crippen molar-refractivity contribution in [2.24, 2.45) is 5.92 Å². The number of allylic oxidation sites excluding steroid dienone is 3. The smallest absolute Gasteiger partial charge is 0.255 e. The molecule has 0 radical (unpaired) electrons. The van der Waals surface area contributed by atoms with E-state index in [1.807, 2.05) is 0 Å². The predicted octanol–water partition coefficient (Wildman–Crippen LogP) is -0.820. The van der Waals surface area contributed by atoms with Crippen LogP contribution in [0.4, 0.5) is 0 Å². The molecule has 2 N–H and O–H groups in total. The molecule has 0 saturated carbocycles. The lowest BCUT2D eigenvalue weighted by Gasteiger charge is -2.25. The van der Waals surface area contributed by atoms with Gasteiger partial charge in [-0.2, -0.15) is 0 Å². The maximum atomic E-state index is 11.9. The van der Waals surface area contributed by atoms with Crippen molar-refractivity contribution in [1.82, 2.24) is 10.6 Å². The van der Waals surface area contributed by atoms with Gasteiger partial charge in [-0.05, 0) is 18.2 Å². The number of carbonyl (C=O) groups is 3. The molecule has 1 fully saturated rings. The molecule has 80 valence electrons. The Morgan fingerprint density at radius 3 is 2.69 bits per heavy atom. The van der Waals surface area contributed by atoms with Gasteiger partial charge < -0.3 is 10.6 Å². The van der Waals surface area contributed by atoms with Crippen LogP contribution in [0.25, 0.3) is 0 Å². The van der Waals surface area contributed by atoms with Crippen LogP contribution < -0.4 is 10.6 Å². The number of amides is 2. The maximum Gasteiger partial charge on any atom is 0.255 e. The number of fused-ring (bicyclic) bond motifs is 2. The molecule has 3 aliphatic rings. The van der Waals surface area contributed by atoms with Crippen molar-refractivity contribution in [1.29, 1.82) is 0 Å². The fourth-order valence-corrected chi connectivity index (χ4v) is 2.34. The van der Waals surface area contributed by atoms with Crippen LogP contribution in [0, 0.1) is 5.92 Å². The van der Waals surface area contributed by atoms with Crippen molar-refractivity contribution in [2.75, 3.05) is 0 Å². The number of nitrogens with one attached hydrogen (secondary N) is 2. The third kappa shape index (κ3) is 0.920. The first kappa shape index (κ1) is 9.08. The van der Waals surface area contributed by atoms with Gasteiger partial charge in [0.05, 0.1) is 5.92 Å². The molecule has 1 spiro atoms.